The van der Waals surface area contributed by atoms with E-state index < -0.39 is 0 Å². The summed E-state index contributed by atoms with van der Waals surface area (Å²) >= 11 is 0. The fourth-order valence-electron chi connectivity index (χ4n) is 2.08. The van der Waals surface area contributed by atoms with Gasteiger partial charge < -0.3 is 10.2 Å². The van der Waals surface area contributed by atoms with Crippen LogP contribution in [0.5, 0.6) is 0 Å². The molecular formula is C11H23N3O. The minimum atomic E-state index is 0.0260. The van der Waals surface area contributed by atoms with Gasteiger partial charge in [-0.15, -0.1) is 0 Å². The Morgan fingerprint density at radius 2 is 1.87 bits per heavy atom. The van der Waals surface area contributed by atoms with Gasteiger partial charge in [-0.1, -0.05) is 13.8 Å². The Balaban J connectivity index is 2.49. The number of amides is 1. The van der Waals surface area contributed by atoms with Gasteiger partial charge in [0.1, 0.15) is 0 Å². The second-order valence-electron chi connectivity index (χ2n) is 3.97. The molecule has 1 heterocycles. The highest BCUT2D eigenvalue weighted by Crippen LogP contribution is 2.04. The van der Waals surface area contributed by atoms with E-state index in [1.54, 1.807) is 0 Å². The van der Waals surface area contributed by atoms with Crippen LogP contribution in [0.4, 0.5) is 0 Å². The van der Waals surface area contributed by atoms with Gasteiger partial charge in [-0.3, -0.25) is 9.69 Å². The number of nitrogens with one attached hydrogen (secondary N) is 1. The molecule has 1 amide bonds. The number of carbonyl (C=O) groups is 1. The maximum atomic E-state index is 12.1. The zero-order chi connectivity index (χ0) is 11.3. The standard InChI is InChI=1S/C11H23N3O/c1-4-13(5-2)10(3)11(15)14-8-6-12-7-9-14/h10,12H,4-9H2,1-3H3. The molecule has 1 aliphatic heterocycles. The molecule has 4 nitrogen and oxygen atoms in total. The lowest BCUT2D eigenvalue weighted by molar-refractivity contribution is -0.136. The van der Waals surface area contributed by atoms with Gasteiger partial charge >= 0.3 is 0 Å². The fourth-order valence-corrected chi connectivity index (χ4v) is 2.08. The fraction of sp³-hybridized carbons (Fsp3) is 0.909. The van der Waals surface area contributed by atoms with E-state index in [-0.39, 0.29) is 11.9 Å². The zero-order valence-corrected chi connectivity index (χ0v) is 10.1. The molecular weight excluding hydrogens is 190 g/mol. The zero-order valence-electron chi connectivity index (χ0n) is 10.1. The summed E-state index contributed by atoms with van der Waals surface area (Å²) in [6, 6.07) is 0.0260. The van der Waals surface area contributed by atoms with E-state index in [2.05, 4.69) is 24.1 Å². The third kappa shape index (κ3) is 3.18. The monoisotopic (exact) mass is 213 g/mol. The number of hydrogen-bond acceptors (Lipinski definition) is 3. The van der Waals surface area contributed by atoms with Crippen LogP contribution in [0.25, 0.3) is 0 Å². The third-order valence-electron chi connectivity index (χ3n) is 3.15. The van der Waals surface area contributed by atoms with E-state index in [9.17, 15) is 4.79 Å². The molecule has 0 aliphatic carbocycles. The lowest BCUT2D eigenvalue weighted by Crippen LogP contribution is -2.53. The van der Waals surface area contributed by atoms with Gasteiger partial charge in [0.2, 0.25) is 5.91 Å². The van der Waals surface area contributed by atoms with Crippen LogP contribution in [0.1, 0.15) is 20.8 Å². The number of rotatable bonds is 4. The summed E-state index contributed by atoms with van der Waals surface area (Å²) < 4.78 is 0. The van der Waals surface area contributed by atoms with Crippen molar-refractivity contribution in [2.45, 2.75) is 26.8 Å². The van der Waals surface area contributed by atoms with E-state index in [1.165, 1.54) is 0 Å². The molecule has 0 radical (unpaired) electrons. The van der Waals surface area contributed by atoms with E-state index in [4.69, 9.17) is 0 Å². The minimum Gasteiger partial charge on any atom is -0.339 e. The van der Waals surface area contributed by atoms with Crippen molar-refractivity contribution in [3.63, 3.8) is 0 Å². The van der Waals surface area contributed by atoms with Gasteiger partial charge in [0.05, 0.1) is 6.04 Å². The van der Waals surface area contributed by atoms with Gasteiger partial charge in [-0.25, -0.2) is 0 Å². The molecule has 0 aromatic rings. The molecule has 1 unspecified atom stereocenters. The average Bonchev–Trinajstić information content (AvgIpc) is 2.30. The van der Waals surface area contributed by atoms with Crippen molar-refractivity contribution in [1.29, 1.82) is 0 Å². The lowest BCUT2D eigenvalue weighted by Gasteiger charge is -2.33. The van der Waals surface area contributed by atoms with Crippen LogP contribution in [0.3, 0.4) is 0 Å². The van der Waals surface area contributed by atoms with Gasteiger partial charge in [-0.2, -0.15) is 0 Å². The number of carbonyl (C=O) groups excluding carboxylic acids is 1. The summed E-state index contributed by atoms with van der Waals surface area (Å²) in [4.78, 5) is 16.3. The first-order chi connectivity index (χ1) is 7.20. The van der Waals surface area contributed by atoms with E-state index in [0.29, 0.717) is 0 Å². The van der Waals surface area contributed by atoms with Crippen molar-refractivity contribution in [2.75, 3.05) is 39.3 Å². The SMILES string of the molecule is CCN(CC)C(C)C(=O)N1CCNCC1. The highest BCUT2D eigenvalue weighted by Gasteiger charge is 2.24. The molecule has 0 spiro atoms. The molecule has 1 aliphatic rings. The topological polar surface area (TPSA) is 35.6 Å². The van der Waals surface area contributed by atoms with Gasteiger partial charge in [0.15, 0.2) is 0 Å². The Kier molecular flexibility index (Phi) is 5.05. The molecule has 1 rings (SSSR count). The second-order valence-corrected chi connectivity index (χ2v) is 3.97. The molecule has 0 saturated carbocycles. The van der Waals surface area contributed by atoms with E-state index in [0.717, 1.165) is 39.3 Å². The molecule has 4 heteroatoms. The number of nitrogens with zero attached hydrogens (tertiary/aromatic N) is 2. The quantitative estimate of drug-likeness (QED) is 0.722. The van der Waals surface area contributed by atoms with Crippen molar-refractivity contribution in [2.24, 2.45) is 0 Å². The highest BCUT2D eigenvalue weighted by atomic mass is 16.2. The van der Waals surface area contributed by atoms with Crippen LogP contribution in [0.15, 0.2) is 0 Å². The summed E-state index contributed by atoms with van der Waals surface area (Å²) in [5.74, 6) is 0.278. The second kappa shape index (κ2) is 6.08. The van der Waals surface area contributed by atoms with Crippen molar-refractivity contribution in [3.8, 4) is 0 Å². The molecule has 0 bridgehead atoms. The molecule has 15 heavy (non-hydrogen) atoms. The maximum absolute atomic E-state index is 12.1. The number of likely N-dealkylation sites (N-methyl/N-ethyl adjacent to an activating group) is 1. The minimum absolute atomic E-state index is 0.0260. The Hall–Kier alpha value is -0.610. The summed E-state index contributed by atoms with van der Waals surface area (Å²) in [5, 5.41) is 3.26. The summed E-state index contributed by atoms with van der Waals surface area (Å²) in [6.45, 7) is 11.7. The predicted octanol–water partition coefficient (Wildman–Crippen LogP) is 0.149. The summed E-state index contributed by atoms with van der Waals surface area (Å²) in [6.07, 6.45) is 0. The van der Waals surface area contributed by atoms with Crippen molar-refractivity contribution >= 4 is 5.91 Å². The van der Waals surface area contributed by atoms with Crippen LogP contribution >= 0.6 is 0 Å². The van der Waals surface area contributed by atoms with Crippen LogP contribution in [-0.2, 0) is 4.79 Å². The van der Waals surface area contributed by atoms with Crippen LogP contribution in [0, 0.1) is 0 Å². The lowest BCUT2D eigenvalue weighted by atomic mass is 10.2. The highest BCUT2D eigenvalue weighted by molar-refractivity contribution is 5.81. The predicted molar refractivity (Wildman–Crippen MR) is 61.8 cm³/mol. The molecule has 88 valence electrons. The van der Waals surface area contributed by atoms with Gasteiger partial charge in [0, 0.05) is 26.2 Å². The van der Waals surface area contributed by atoms with Crippen molar-refractivity contribution < 1.29 is 4.79 Å². The number of hydrogen-bond donors (Lipinski definition) is 1. The Morgan fingerprint density at radius 1 is 1.33 bits per heavy atom. The largest absolute Gasteiger partial charge is 0.339 e. The van der Waals surface area contributed by atoms with Crippen LogP contribution < -0.4 is 5.32 Å². The van der Waals surface area contributed by atoms with Gasteiger partial charge in [-0.05, 0) is 20.0 Å². The molecule has 1 saturated heterocycles. The van der Waals surface area contributed by atoms with E-state index >= 15 is 0 Å². The first-order valence-electron chi connectivity index (χ1n) is 5.94. The third-order valence-corrected chi connectivity index (χ3v) is 3.15. The van der Waals surface area contributed by atoms with Crippen LogP contribution in [0.2, 0.25) is 0 Å². The Bertz CT molecular complexity index is 198. The molecule has 0 aromatic heterocycles. The first-order valence-corrected chi connectivity index (χ1v) is 5.94. The van der Waals surface area contributed by atoms with Crippen LogP contribution in [-0.4, -0.2) is 61.0 Å². The molecule has 1 fully saturated rings. The Labute approximate surface area is 92.6 Å². The van der Waals surface area contributed by atoms with Crippen molar-refractivity contribution in [3.05, 3.63) is 0 Å². The van der Waals surface area contributed by atoms with Crippen molar-refractivity contribution in [1.82, 2.24) is 15.1 Å². The number of piperazine rings is 1. The molecule has 1 atom stereocenters. The average molecular weight is 213 g/mol. The van der Waals surface area contributed by atoms with E-state index in [1.807, 2.05) is 11.8 Å². The smallest absolute Gasteiger partial charge is 0.239 e. The molecule has 0 aromatic carbocycles. The molecule has 1 N–H and O–H groups in total. The maximum Gasteiger partial charge on any atom is 0.239 e. The summed E-state index contributed by atoms with van der Waals surface area (Å²) in [7, 11) is 0. The normalized spacial score (nSPS) is 19.3. The summed E-state index contributed by atoms with van der Waals surface area (Å²) in [5.41, 5.74) is 0. The Morgan fingerprint density at radius 3 is 2.33 bits per heavy atom. The van der Waals surface area contributed by atoms with Gasteiger partial charge in [0.25, 0.3) is 0 Å². The first kappa shape index (κ1) is 12.5.